The summed E-state index contributed by atoms with van der Waals surface area (Å²) in [5.41, 5.74) is 9.88. The molecule has 0 N–H and O–H groups in total. The minimum Gasteiger partial charge on any atom is -0.435 e. The molecule has 0 spiro atoms. The van der Waals surface area contributed by atoms with Crippen LogP contribution >= 0.6 is 11.3 Å². The van der Waals surface area contributed by atoms with Gasteiger partial charge in [-0.1, -0.05) is 109 Å². The van der Waals surface area contributed by atoms with E-state index < -0.39 is 0 Å². The van der Waals surface area contributed by atoms with E-state index in [-0.39, 0.29) is 0 Å². The maximum absolute atomic E-state index is 6.48. The maximum atomic E-state index is 6.48. The second-order valence-corrected chi connectivity index (χ2v) is 13.0. The van der Waals surface area contributed by atoms with E-state index in [0.29, 0.717) is 5.89 Å². The topological polar surface area (TPSA) is 29.3 Å². The van der Waals surface area contributed by atoms with Crippen LogP contribution in [-0.2, 0) is 0 Å². The summed E-state index contributed by atoms with van der Waals surface area (Å²) < 4.78 is 9.04. The molecule has 0 saturated carbocycles. The monoisotopic (exact) mass is 618 g/mol. The third kappa shape index (κ3) is 4.02. The first-order valence-corrected chi connectivity index (χ1v) is 16.6. The average Bonchev–Trinajstić information content (AvgIpc) is 3.83. The summed E-state index contributed by atoms with van der Waals surface area (Å²) in [6.45, 7) is 0. The molecular weight excluding hydrogens is 593 g/mol. The summed E-state index contributed by atoms with van der Waals surface area (Å²) in [5, 5.41) is 4.91. The number of anilines is 3. The minimum atomic E-state index is 0.652. The van der Waals surface area contributed by atoms with Gasteiger partial charge >= 0.3 is 0 Å². The van der Waals surface area contributed by atoms with Crippen LogP contribution in [0.3, 0.4) is 0 Å². The molecule has 7 aromatic carbocycles. The molecule has 0 fully saturated rings. The van der Waals surface area contributed by atoms with Gasteiger partial charge in [0.05, 0.1) is 16.1 Å². The summed E-state index contributed by atoms with van der Waals surface area (Å²) >= 11 is 1.85. The molecule has 0 aliphatic heterocycles. The molecule has 220 valence electrons. The third-order valence-corrected chi connectivity index (χ3v) is 10.5. The van der Waals surface area contributed by atoms with Crippen LogP contribution in [0.25, 0.3) is 76.1 Å². The Labute approximate surface area is 275 Å². The van der Waals surface area contributed by atoms with Crippen molar-refractivity contribution in [2.75, 3.05) is 4.90 Å². The van der Waals surface area contributed by atoms with Gasteiger partial charge in [0.15, 0.2) is 5.76 Å². The largest absolute Gasteiger partial charge is 0.435 e. The Kier molecular flexibility index (Phi) is 5.74. The Balaban J connectivity index is 1.19. The van der Waals surface area contributed by atoms with Crippen LogP contribution in [0.2, 0.25) is 0 Å². The molecule has 0 atom stereocenters. The first kappa shape index (κ1) is 26.3. The van der Waals surface area contributed by atoms with Gasteiger partial charge in [0, 0.05) is 48.6 Å². The first-order valence-electron chi connectivity index (χ1n) is 15.8. The lowest BCUT2D eigenvalue weighted by atomic mass is 10.00. The van der Waals surface area contributed by atoms with E-state index in [2.05, 4.69) is 132 Å². The van der Waals surface area contributed by atoms with E-state index in [1.807, 2.05) is 41.7 Å². The lowest BCUT2D eigenvalue weighted by Crippen LogP contribution is -2.10. The lowest BCUT2D eigenvalue weighted by Gasteiger charge is -2.28. The van der Waals surface area contributed by atoms with Gasteiger partial charge in [-0.05, 0) is 59.7 Å². The Bertz CT molecular complexity index is 2590. The highest BCUT2D eigenvalue weighted by atomic mass is 32.1. The molecule has 10 rings (SSSR count). The van der Waals surface area contributed by atoms with Crippen LogP contribution in [0.5, 0.6) is 0 Å². The molecule has 2 heterocycles. The zero-order valence-electron chi connectivity index (χ0n) is 25.2. The molecule has 1 aliphatic rings. The molecular formula is C43H26N2OS. The van der Waals surface area contributed by atoms with Crippen molar-refractivity contribution in [3.05, 3.63) is 158 Å². The maximum Gasteiger partial charge on any atom is 0.227 e. The average molecular weight is 619 g/mol. The number of oxazole rings is 1. The van der Waals surface area contributed by atoms with Gasteiger partial charge in [0.1, 0.15) is 5.69 Å². The molecule has 47 heavy (non-hydrogen) atoms. The zero-order chi connectivity index (χ0) is 30.9. The predicted octanol–water partition coefficient (Wildman–Crippen LogP) is 12.6. The quantitative estimate of drug-likeness (QED) is 0.192. The normalized spacial score (nSPS) is 11.8. The summed E-state index contributed by atoms with van der Waals surface area (Å²) in [5.74, 6) is 1.49. The highest BCUT2D eigenvalue weighted by molar-refractivity contribution is 7.26. The molecule has 0 saturated heterocycles. The Morgan fingerprint density at radius 1 is 0.489 bits per heavy atom. The van der Waals surface area contributed by atoms with Gasteiger partial charge in [0.25, 0.3) is 0 Å². The van der Waals surface area contributed by atoms with Gasteiger partial charge in [-0.3, -0.25) is 0 Å². The van der Waals surface area contributed by atoms with Crippen molar-refractivity contribution in [2.45, 2.75) is 0 Å². The Hall–Kier alpha value is -5.97. The predicted molar refractivity (Wildman–Crippen MR) is 197 cm³/mol. The van der Waals surface area contributed by atoms with Gasteiger partial charge < -0.3 is 9.32 Å². The van der Waals surface area contributed by atoms with Crippen molar-refractivity contribution in [1.82, 2.24) is 4.98 Å². The number of nitrogens with zero attached hydrogens (tertiary/aromatic N) is 2. The van der Waals surface area contributed by atoms with Crippen molar-refractivity contribution in [2.24, 2.45) is 0 Å². The van der Waals surface area contributed by atoms with Gasteiger partial charge in [-0.15, -0.1) is 11.3 Å². The summed E-state index contributed by atoms with van der Waals surface area (Å²) in [6.07, 6.45) is 0. The summed E-state index contributed by atoms with van der Waals surface area (Å²) in [4.78, 5) is 7.45. The van der Waals surface area contributed by atoms with E-state index in [4.69, 9.17) is 9.40 Å². The van der Waals surface area contributed by atoms with Crippen LogP contribution in [-0.4, -0.2) is 4.98 Å². The summed E-state index contributed by atoms with van der Waals surface area (Å²) in [6, 6.07) is 56.0. The van der Waals surface area contributed by atoms with E-state index in [1.54, 1.807) is 0 Å². The lowest BCUT2D eigenvalue weighted by molar-refractivity contribution is 0.590. The number of benzene rings is 7. The molecule has 0 amide bonds. The standard InChI is InChI=1S/C43H26N2OS/c1-3-11-27(12-4-1)28-21-23-30(24-22-28)45(37-19-10-16-32-31-15-7-8-20-38(31)47-42(32)37)36-26-25-35-39-33(36)17-9-18-34(39)40-41(35)46-43(44-40)29-13-5-2-6-14-29/h1-26H. The molecule has 2 aromatic heterocycles. The number of thiophene rings is 1. The van der Waals surface area contributed by atoms with Crippen LogP contribution in [0.4, 0.5) is 17.1 Å². The second kappa shape index (κ2) is 10.3. The van der Waals surface area contributed by atoms with Crippen LogP contribution < -0.4 is 4.90 Å². The van der Waals surface area contributed by atoms with E-state index in [1.165, 1.54) is 42.1 Å². The third-order valence-electron chi connectivity index (χ3n) is 9.26. The van der Waals surface area contributed by atoms with E-state index >= 15 is 0 Å². The number of rotatable bonds is 5. The van der Waals surface area contributed by atoms with Crippen molar-refractivity contribution >= 4 is 59.3 Å². The number of hydrogen-bond acceptors (Lipinski definition) is 4. The molecule has 4 heteroatoms. The highest BCUT2D eigenvalue weighted by Crippen LogP contribution is 2.53. The van der Waals surface area contributed by atoms with Crippen LogP contribution in [0.1, 0.15) is 0 Å². The first-order chi connectivity index (χ1) is 23.3. The smallest absolute Gasteiger partial charge is 0.227 e. The molecule has 0 radical (unpaired) electrons. The fourth-order valence-corrected chi connectivity index (χ4v) is 8.32. The van der Waals surface area contributed by atoms with Gasteiger partial charge in [0.2, 0.25) is 5.89 Å². The van der Waals surface area contributed by atoms with E-state index in [9.17, 15) is 0 Å². The number of aromatic nitrogens is 1. The number of hydrogen-bond donors (Lipinski definition) is 0. The van der Waals surface area contributed by atoms with E-state index in [0.717, 1.165) is 45.2 Å². The minimum absolute atomic E-state index is 0.652. The van der Waals surface area contributed by atoms with Gasteiger partial charge in [-0.25, -0.2) is 4.98 Å². The fourth-order valence-electron chi connectivity index (χ4n) is 7.11. The molecule has 0 bridgehead atoms. The molecule has 0 unspecified atom stereocenters. The zero-order valence-corrected chi connectivity index (χ0v) is 26.0. The van der Waals surface area contributed by atoms with Crippen molar-refractivity contribution in [1.29, 1.82) is 0 Å². The fraction of sp³-hybridized carbons (Fsp3) is 0. The van der Waals surface area contributed by atoms with Crippen molar-refractivity contribution < 1.29 is 4.42 Å². The SMILES string of the molecule is c1ccc(-c2ccc(N(c3ccc4c5c(cccc35)-c3nc(-c5ccccc5)oc3-4)c3cccc4c3sc3ccccc34)cc2)cc1. The van der Waals surface area contributed by atoms with Crippen molar-refractivity contribution in [3.8, 4) is 45.2 Å². The van der Waals surface area contributed by atoms with Crippen LogP contribution in [0, 0.1) is 0 Å². The molecule has 3 nitrogen and oxygen atoms in total. The van der Waals surface area contributed by atoms with Crippen LogP contribution in [0.15, 0.2) is 162 Å². The van der Waals surface area contributed by atoms with Gasteiger partial charge in [-0.2, -0.15) is 0 Å². The summed E-state index contributed by atoms with van der Waals surface area (Å²) in [7, 11) is 0. The Morgan fingerprint density at radius 2 is 1.17 bits per heavy atom. The highest BCUT2D eigenvalue weighted by Gasteiger charge is 2.30. The molecule has 9 aromatic rings. The molecule has 1 aliphatic carbocycles. The number of fused-ring (bicyclic) bond motifs is 6. The van der Waals surface area contributed by atoms with Crippen molar-refractivity contribution in [3.63, 3.8) is 0 Å². The second-order valence-electron chi connectivity index (χ2n) is 11.9. The Morgan fingerprint density at radius 3 is 2.00 bits per heavy atom.